The highest BCUT2D eigenvalue weighted by atomic mass is 32.2. The number of aliphatic hydroxyl groups is 1. The van der Waals surface area contributed by atoms with Gasteiger partial charge in [-0.25, -0.2) is 8.42 Å². The van der Waals surface area contributed by atoms with Crippen LogP contribution in [0.25, 0.3) is 10.8 Å². The predicted octanol–water partition coefficient (Wildman–Crippen LogP) is 3.32. The van der Waals surface area contributed by atoms with Crippen molar-refractivity contribution in [3.8, 4) is 0 Å². The van der Waals surface area contributed by atoms with Gasteiger partial charge in [-0.3, -0.25) is 4.79 Å². The maximum atomic E-state index is 13.5. The van der Waals surface area contributed by atoms with E-state index in [4.69, 9.17) is 5.73 Å². The Morgan fingerprint density at radius 2 is 1.58 bits per heavy atom. The number of nitrogens with two attached hydrogens (primary N) is 1. The van der Waals surface area contributed by atoms with Gasteiger partial charge in [-0.15, -0.1) is 0 Å². The molecular weight excluding hydrogens is 436 g/mol. The largest absolute Gasteiger partial charge is 0.384 e. The maximum absolute atomic E-state index is 13.5. The van der Waals surface area contributed by atoms with Crippen LogP contribution >= 0.6 is 0 Å². The van der Waals surface area contributed by atoms with Gasteiger partial charge in [-0.05, 0) is 47.7 Å². The number of aliphatic hydroxyl groups excluding tert-OH is 1. The molecule has 1 aliphatic rings. The lowest BCUT2D eigenvalue weighted by molar-refractivity contribution is -0.135. The van der Waals surface area contributed by atoms with Crippen molar-refractivity contribution in [2.24, 2.45) is 5.73 Å². The molecular formula is C26H30N2O4S. The van der Waals surface area contributed by atoms with Gasteiger partial charge in [0.1, 0.15) is 6.10 Å². The second-order valence-corrected chi connectivity index (χ2v) is 10.6. The van der Waals surface area contributed by atoms with Gasteiger partial charge in [0.15, 0.2) is 5.78 Å². The number of Topliss-reactive ketones (excluding diaryl/α,β-unsaturated/α-hetero) is 1. The summed E-state index contributed by atoms with van der Waals surface area (Å²) in [7, 11) is -4.00. The Bertz CT molecular complexity index is 1220. The molecule has 1 fully saturated rings. The van der Waals surface area contributed by atoms with E-state index in [1.165, 1.54) is 0 Å². The van der Waals surface area contributed by atoms with Crippen LogP contribution in [0.15, 0.2) is 77.7 Å². The third-order valence-electron chi connectivity index (χ3n) is 6.53. The Labute approximate surface area is 194 Å². The van der Waals surface area contributed by atoms with Crippen LogP contribution in [-0.4, -0.2) is 37.0 Å². The van der Waals surface area contributed by atoms with Gasteiger partial charge in [0, 0.05) is 6.04 Å². The molecule has 33 heavy (non-hydrogen) atoms. The minimum Gasteiger partial charge on any atom is -0.384 e. The number of hydrogen-bond donors (Lipinski definition) is 3. The van der Waals surface area contributed by atoms with Crippen molar-refractivity contribution in [2.75, 3.05) is 0 Å². The molecule has 0 bridgehead atoms. The predicted molar refractivity (Wildman–Crippen MR) is 129 cm³/mol. The molecule has 174 valence electrons. The smallest absolute Gasteiger partial charge is 0.241 e. The van der Waals surface area contributed by atoms with E-state index in [-0.39, 0.29) is 4.90 Å². The zero-order chi connectivity index (χ0) is 23.5. The second-order valence-electron chi connectivity index (χ2n) is 8.92. The third kappa shape index (κ3) is 5.17. The molecule has 3 aromatic rings. The van der Waals surface area contributed by atoms with E-state index in [0.717, 1.165) is 22.8 Å². The minimum absolute atomic E-state index is 0.0991. The first kappa shape index (κ1) is 23.6. The summed E-state index contributed by atoms with van der Waals surface area (Å²) in [6.45, 7) is 0. The van der Waals surface area contributed by atoms with E-state index < -0.39 is 33.5 Å². The number of sulfonamides is 1. The lowest BCUT2D eigenvalue weighted by atomic mass is 9.76. The van der Waals surface area contributed by atoms with Crippen molar-refractivity contribution in [1.82, 2.24) is 4.72 Å². The summed E-state index contributed by atoms with van der Waals surface area (Å²) in [5, 5.41) is 12.6. The average Bonchev–Trinajstić information content (AvgIpc) is 2.83. The highest BCUT2D eigenvalue weighted by Gasteiger charge is 2.46. The number of nitrogens with one attached hydrogen (secondary N) is 1. The SMILES string of the molecule is N[C@@H](Cc1ccccc1)C(O)C(=O)C1(NS(=O)(=O)c2ccc3ccccc3c2)CCCCC1. The molecule has 1 aliphatic carbocycles. The van der Waals surface area contributed by atoms with Crippen molar-refractivity contribution in [2.45, 2.75) is 61.1 Å². The van der Waals surface area contributed by atoms with E-state index in [1.54, 1.807) is 18.2 Å². The molecule has 0 saturated heterocycles. The third-order valence-corrected chi connectivity index (χ3v) is 8.06. The summed E-state index contributed by atoms with van der Waals surface area (Å²) in [5.74, 6) is -0.546. The summed E-state index contributed by atoms with van der Waals surface area (Å²) in [6.07, 6.45) is 1.85. The Balaban J connectivity index is 1.60. The van der Waals surface area contributed by atoms with E-state index in [0.29, 0.717) is 32.1 Å². The fraction of sp³-hybridized carbons (Fsp3) is 0.346. The first-order chi connectivity index (χ1) is 15.8. The van der Waals surface area contributed by atoms with Crippen LogP contribution in [-0.2, 0) is 21.2 Å². The second kappa shape index (κ2) is 9.73. The first-order valence-electron chi connectivity index (χ1n) is 11.4. The summed E-state index contributed by atoms with van der Waals surface area (Å²) in [4.78, 5) is 13.6. The van der Waals surface area contributed by atoms with Crippen molar-refractivity contribution in [3.05, 3.63) is 78.4 Å². The molecule has 0 spiro atoms. The minimum atomic E-state index is -4.00. The van der Waals surface area contributed by atoms with Gasteiger partial charge >= 0.3 is 0 Å². The fourth-order valence-corrected chi connectivity index (χ4v) is 6.15. The fourth-order valence-electron chi connectivity index (χ4n) is 4.68. The summed E-state index contributed by atoms with van der Waals surface area (Å²) < 4.78 is 29.4. The molecule has 0 radical (unpaired) electrons. The van der Waals surface area contributed by atoms with Crippen LogP contribution in [0.5, 0.6) is 0 Å². The first-order valence-corrected chi connectivity index (χ1v) is 12.8. The Hall–Kier alpha value is -2.58. The van der Waals surface area contributed by atoms with Gasteiger partial charge in [0.05, 0.1) is 10.4 Å². The van der Waals surface area contributed by atoms with Crippen molar-refractivity contribution in [3.63, 3.8) is 0 Å². The summed E-state index contributed by atoms with van der Waals surface area (Å²) in [5.41, 5.74) is 5.75. The molecule has 0 amide bonds. The molecule has 6 nitrogen and oxygen atoms in total. The molecule has 4 rings (SSSR count). The zero-order valence-electron chi connectivity index (χ0n) is 18.5. The molecule has 0 heterocycles. The van der Waals surface area contributed by atoms with Crippen LogP contribution in [0.4, 0.5) is 0 Å². The summed E-state index contributed by atoms with van der Waals surface area (Å²) >= 11 is 0. The molecule has 1 saturated carbocycles. The number of rotatable bonds is 8. The topological polar surface area (TPSA) is 109 Å². The van der Waals surface area contributed by atoms with E-state index in [2.05, 4.69) is 4.72 Å². The number of fused-ring (bicyclic) bond motifs is 1. The lowest BCUT2D eigenvalue weighted by Gasteiger charge is -2.38. The zero-order valence-corrected chi connectivity index (χ0v) is 19.3. The quantitative estimate of drug-likeness (QED) is 0.472. The number of benzene rings is 3. The van der Waals surface area contributed by atoms with E-state index in [9.17, 15) is 18.3 Å². The number of ketones is 1. The number of carbonyl (C=O) groups excluding carboxylic acids is 1. The summed E-state index contributed by atoms with van der Waals surface area (Å²) in [6, 6.07) is 21.0. The van der Waals surface area contributed by atoms with Crippen LogP contribution in [0, 0.1) is 0 Å². The van der Waals surface area contributed by atoms with Crippen LogP contribution in [0.3, 0.4) is 0 Å². The monoisotopic (exact) mass is 466 g/mol. The maximum Gasteiger partial charge on any atom is 0.241 e. The molecule has 7 heteroatoms. The highest BCUT2D eigenvalue weighted by molar-refractivity contribution is 7.89. The van der Waals surface area contributed by atoms with E-state index in [1.807, 2.05) is 54.6 Å². The Kier molecular flexibility index (Phi) is 6.95. The van der Waals surface area contributed by atoms with Crippen LogP contribution in [0.2, 0.25) is 0 Å². The number of carbonyl (C=O) groups is 1. The van der Waals surface area contributed by atoms with Gasteiger partial charge < -0.3 is 10.8 Å². The van der Waals surface area contributed by atoms with E-state index >= 15 is 0 Å². The molecule has 0 aromatic heterocycles. The van der Waals surface area contributed by atoms with Crippen LogP contribution < -0.4 is 10.5 Å². The lowest BCUT2D eigenvalue weighted by Crippen LogP contribution is -2.61. The van der Waals surface area contributed by atoms with Gasteiger partial charge in [0.25, 0.3) is 0 Å². The highest BCUT2D eigenvalue weighted by Crippen LogP contribution is 2.33. The average molecular weight is 467 g/mol. The van der Waals surface area contributed by atoms with Gasteiger partial charge in [0.2, 0.25) is 10.0 Å². The van der Waals surface area contributed by atoms with Crippen molar-refractivity contribution >= 4 is 26.6 Å². The van der Waals surface area contributed by atoms with Gasteiger partial charge in [-0.2, -0.15) is 4.72 Å². The Morgan fingerprint density at radius 1 is 0.939 bits per heavy atom. The number of hydrogen-bond acceptors (Lipinski definition) is 5. The molecule has 3 aromatic carbocycles. The molecule has 1 unspecified atom stereocenters. The van der Waals surface area contributed by atoms with Crippen molar-refractivity contribution in [1.29, 1.82) is 0 Å². The van der Waals surface area contributed by atoms with Crippen LogP contribution in [0.1, 0.15) is 37.7 Å². The Morgan fingerprint density at radius 3 is 2.27 bits per heavy atom. The molecule has 2 atom stereocenters. The molecule has 4 N–H and O–H groups in total. The molecule has 0 aliphatic heterocycles. The standard InChI is InChI=1S/C26H30N2O4S/c27-23(17-19-9-3-1-4-10-19)24(29)25(30)26(15-7-2-8-16-26)28-33(31,32)22-14-13-20-11-5-6-12-21(20)18-22/h1,3-6,9-14,18,23-24,28-29H,2,7-8,15-17,27H2/t23-,24?/m0/s1. The van der Waals surface area contributed by atoms with Gasteiger partial charge in [-0.1, -0.05) is 79.9 Å². The van der Waals surface area contributed by atoms with Crippen molar-refractivity contribution < 1.29 is 18.3 Å². The normalized spacial score (nSPS) is 18.0.